The molecule has 0 bridgehead atoms. The number of nitrogens with one attached hydrogen (secondary N) is 1. The zero-order chi connectivity index (χ0) is 12.3. The van der Waals surface area contributed by atoms with Gasteiger partial charge >= 0.3 is 0 Å². The van der Waals surface area contributed by atoms with Gasteiger partial charge in [-0.15, -0.1) is 0 Å². The fraction of sp³-hybridized carbons (Fsp3) is 0.538. The third-order valence-electron chi connectivity index (χ3n) is 2.55. The first-order chi connectivity index (χ1) is 7.36. The molecule has 0 radical (unpaired) electrons. The smallest absolute Gasteiger partial charge is 0.124 e. The monoisotopic (exact) mass is 335 g/mol. The van der Waals surface area contributed by atoms with Gasteiger partial charge in [0.1, 0.15) is 5.82 Å². The molecule has 90 valence electrons. The molecule has 1 N–H and O–H groups in total. The van der Waals surface area contributed by atoms with Crippen molar-refractivity contribution in [1.82, 2.24) is 5.32 Å². The van der Waals surface area contributed by atoms with Crippen molar-refractivity contribution in [2.24, 2.45) is 5.41 Å². The van der Waals surface area contributed by atoms with Gasteiger partial charge in [-0.3, -0.25) is 0 Å². The van der Waals surface area contributed by atoms with Gasteiger partial charge in [0, 0.05) is 9.61 Å². The van der Waals surface area contributed by atoms with E-state index in [4.69, 9.17) is 0 Å². The van der Waals surface area contributed by atoms with E-state index in [-0.39, 0.29) is 17.3 Å². The number of hydrogen-bond donors (Lipinski definition) is 1. The van der Waals surface area contributed by atoms with E-state index in [0.29, 0.717) is 0 Å². The molecule has 1 unspecified atom stereocenters. The Morgan fingerprint density at radius 2 is 2.00 bits per heavy atom. The first-order valence-electron chi connectivity index (χ1n) is 5.54. The third kappa shape index (κ3) is 3.42. The highest BCUT2D eigenvalue weighted by Gasteiger charge is 2.26. The largest absolute Gasteiger partial charge is 0.310 e. The highest BCUT2D eigenvalue weighted by atomic mass is 127. The Kier molecular flexibility index (Phi) is 4.73. The van der Waals surface area contributed by atoms with Crippen LogP contribution in [0.3, 0.4) is 0 Å². The summed E-state index contributed by atoms with van der Waals surface area (Å²) in [6.07, 6.45) is 0. The molecule has 0 heterocycles. The van der Waals surface area contributed by atoms with Crippen LogP contribution in [0.5, 0.6) is 0 Å². The summed E-state index contributed by atoms with van der Waals surface area (Å²) >= 11 is 2.20. The zero-order valence-electron chi connectivity index (χ0n) is 10.3. The molecule has 0 aliphatic rings. The number of benzene rings is 1. The quantitative estimate of drug-likeness (QED) is 0.819. The van der Waals surface area contributed by atoms with E-state index in [1.54, 1.807) is 6.07 Å². The second-order valence-electron chi connectivity index (χ2n) is 5.02. The summed E-state index contributed by atoms with van der Waals surface area (Å²) in [4.78, 5) is 0. The molecule has 1 aromatic carbocycles. The summed E-state index contributed by atoms with van der Waals surface area (Å²) in [5.41, 5.74) is 1.30. The van der Waals surface area contributed by atoms with Gasteiger partial charge in [0.15, 0.2) is 0 Å². The lowest BCUT2D eigenvalue weighted by molar-refractivity contribution is 0.275. The predicted octanol–water partition coefficient (Wildman–Crippen LogP) is 4.13. The van der Waals surface area contributed by atoms with Crippen LogP contribution in [-0.4, -0.2) is 6.54 Å². The molecule has 1 rings (SSSR count). The number of rotatable bonds is 3. The van der Waals surface area contributed by atoms with Crippen LogP contribution in [0.25, 0.3) is 0 Å². The summed E-state index contributed by atoms with van der Waals surface area (Å²) in [7, 11) is 0. The van der Waals surface area contributed by atoms with Crippen LogP contribution in [0.1, 0.15) is 39.3 Å². The maximum atomic E-state index is 13.1. The van der Waals surface area contributed by atoms with Crippen LogP contribution in [0, 0.1) is 14.8 Å². The van der Waals surface area contributed by atoms with E-state index in [0.717, 1.165) is 10.1 Å². The molecular weight excluding hydrogens is 316 g/mol. The Bertz CT molecular complexity index is 357. The number of halogens is 2. The molecule has 0 amide bonds. The van der Waals surface area contributed by atoms with Gasteiger partial charge in [-0.1, -0.05) is 33.8 Å². The van der Waals surface area contributed by atoms with Crippen LogP contribution in [0.4, 0.5) is 4.39 Å². The molecule has 0 aliphatic carbocycles. The minimum Gasteiger partial charge on any atom is -0.310 e. The van der Waals surface area contributed by atoms with E-state index in [2.05, 4.69) is 55.6 Å². The van der Waals surface area contributed by atoms with Gasteiger partial charge in [-0.2, -0.15) is 0 Å². The summed E-state index contributed by atoms with van der Waals surface area (Å²) < 4.78 is 14.1. The molecule has 0 saturated heterocycles. The second-order valence-corrected chi connectivity index (χ2v) is 6.18. The Hall–Kier alpha value is -0.160. The van der Waals surface area contributed by atoms with E-state index in [9.17, 15) is 4.39 Å². The van der Waals surface area contributed by atoms with E-state index >= 15 is 0 Å². The highest BCUT2D eigenvalue weighted by Crippen LogP contribution is 2.35. The lowest BCUT2D eigenvalue weighted by Gasteiger charge is -2.32. The molecule has 3 heteroatoms. The van der Waals surface area contributed by atoms with Crippen molar-refractivity contribution in [3.8, 4) is 0 Å². The van der Waals surface area contributed by atoms with Gasteiger partial charge in [-0.25, -0.2) is 4.39 Å². The van der Waals surface area contributed by atoms with Crippen LogP contribution in [-0.2, 0) is 0 Å². The maximum absolute atomic E-state index is 13.1. The SMILES string of the molecule is CCNC(c1ccc(F)cc1I)C(C)(C)C. The summed E-state index contributed by atoms with van der Waals surface area (Å²) in [5, 5.41) is 3.47. The van der Waals surface area contributed by atoms with E-state index in [1.165, 1.54) is 11.6 Å². The average Bonchev–Trinajstić information content (AvgIpc) is 2.13. The second kappa shape index (κ2) is 5.45. The lowest BCUT2D eigenvalue weighted by atomic mass is 9.82. The average molecular weight is 335 g/mol. The normalized spacial score (nSPS) is 13.9. The van der Waals surface area contributed by atoms with Crippen molar-refractivity contribution in [3.05, 3.63) is 33.1 Å². The maximum Gasteiger partial charge on any atom is 0.124 e. The molecule has 0 aliphatic heterocycles. The van der Waals surface area contributed by atoms with Crippen molar-refractivity contribution in [1.29, 1.82) is 0 Å². The van der Waals surface area contributed by atoms with Crippen LogP contribution in [0.15, 0.2) is 18.2 Å². The fourth-order valence-electron chi connectivity index (χ4n) is 1.82. The van der Waals surface area contributed by atoms with Gasteiger partial charge in [0.25, 0.3) is 0 Å². The van der Waals surface area contributed by atoms with Gasteiger partial charge in [-0.05, 0) is 52.2 Å². The molecular formula is C13H19FIN. The first-order valence-corrected chi connectivity index (χ1v) is 6.62. The molecule has 0 spiro atoms. The first kappa shape index (κ1) is 13.9. The minimum atomic E-state index is -0.169. The lowest BCUT2D eigenvalue weighted by Crippen LogP contribution is -2.32. The van der Waals surface area contributed by atoms with Crippen molar-refractivity contribution in [2.75, 3.05) is 6.54 Å². The Morgan fingerprint density at radius 1 is 1.38 bits per heavy atom. The van der Waals surface area contributed by atoms with Gasteiger partial charge in [0.2, 0.25) is 0 Å². The zero-order valence-corrected chi connectivity index (χ0v) is 12.4. The molecule has 0 saturated carbocycles. The molecule has 0 fully saturated rings. The van der Waals surface area contributed by atoms with Crippen LogP contribution < -0.4 is 5.32 Å². The Morgan fingerprint density at radius 3 is 2.44 bits per heavy atom. The third-order valence-corrected chi connectivity index (χ3v) is 3.48. The molecule has 1 atom stereocenters. The van der Waals surface area contributed by atoms with Crippen LogP contribution >= 0.6 is 22.6 Å². The van der Waals surface area contributed by atoms with Crippen molar-refractivity contribution >= 4 is 22.6 Å². The Labute approximate surface area is 111 Å². The van der Waals surface area contributed by atoms with Gasteiger partial charge < -0.3 is 5.32 Å². The van der Waals surface area contributed by atoms with E-state index in [1.807, 2.05) is 6.07 Å². The fourth-order valence-corrected chi connectivity index (χ4v) is 2.61. The van der Waals surface area contributed by atoms with Gasteiger partial charge in [0.05, 0.1) is 0 Å². The summed E-state index contributed by atoms with van der Waals surface area (Å²) in [6, 6.07) is 5.26. The highest BCUT2D eigenvalue weighted by molar-refractivity contribution is 14.1. The minimum absolute atomic E-state index is 0.119. The summed E-state index contributed by atoms with van der Waals surface area (Å²) in [5.74, 6) is -0.169. The summed E-state index contributed by atoms with van der Waals surface area (Å²) in [6.45, 7) is 9.59. The van der Waals surface area contributed by atoms with Crippen LogP contribution in [0.2, 0.25) is 0 Å². The predicted molar refractivity (Wildman–Crippen MR) is 75.0 cm³/mol. The van der Waals surface area contributed by atoms with Crippen molar-refractivity contribution in [2.45, 2.75) is 33.7 Å². The molecule has 1 aromatic rings. The molecule has 16 heavy (non-hydrogen) atoms. The topological polar surface area (TPSA) is 12.0 Å². The number of hydrogen-bond acceptors (Lipinski definition) is 1. The molecule has 1 nitrogen and oxygen atoms in total. The van der Waals surface area contributed by atoms with Crippen molar-refractivity contribution in [3.63, 3.8) is 0 Å². The Balaban J connectivity index is 3.11. The van der Waals surface area contributed by atoms with E-state index < -0.39 is 0 Å². The molecule has 0 aromatic heterocycles. The van der Waals surface area contributed by atoms with Crippen molar-refractivity contribution < 1.29 is 4.39 Å². The standard InChI is InChI=1S/C13H19FIN/c1-5-16-12(13(2,3)4)10-7-6-9(14)8-11(10)15/h6-8,12,16H,5H2,1-4H3.